The highest BCUT2D eigenvalue weighted by Crippen LogP contribution is 2.57. The fraction of sp³-hybridized carbons (Fsp3) is 0.489. The number of aromatic nitrogens is 3. The van der Waals surface area contributed by atoms with Crippen molar-refractivity contribution in [2.45, 2.75) is 122 Å². The van der Waals surface area contributed by atoms with Gasteiger partial charge in [-0.3, -0.25) is 19.1 Å². The number of thiazole rings is 1. The van der Waals surface area contributed by atoms with Crippen molar-refractivity contribution in [1.29, 1.82) is 0 Å². The van der Waals surface area contributed by atoms with Gasteiger partial charge >= 0.3 is 0 Å². The minimum Gasteiger partial charge on any atom is -0.491 e. The molecule has 2 saturated carbocycles. The van der Waals surface area contributed by atoms with Gasteiger partial charge in [0.2, 0.25) is 27.4 Å². The number of aryl methyl sites for hydroxylation is 2. The van der Waals surface area contributed by atoms with Crippen molar-refractivity contribution in [3.05, 3.63) is 76.3 Å². The third kappa shape index (κ3) is 8.62. The summed E-state index contributed by atoms with van der Waals surface area (Å²) in [5, 5.41) is 1.08. The molecule has 1 saturated heterocycles. The van der Waals surface area contributed by atoms with E-state index in [0.717, 1.165) is 58.0 Å². The minimum absolute atomic E-state index is 0.00915. The Hall–Kier alpha value is -5.15. The number of nitrogens with one attached hydrogen (secondary N) is 1. The lowest BCUT2D eigenvalue weighted by Gasteiger charge is -2.29. The summed E-state index contributed by atoms with van der Waals surface area (Å²) in [6.45, 7) is 8.03. The Labute approximate surface area is 365 Å². The fourth-order valence-electron chi connectivity index (χ4n) is 9.05. The Morgan fingerprint density at radius 2 is 1.81 bits per heavy atom. The number of carbonyl (C=O) groups excluding carboxylic acids is 3. The molecule has 2 amide bonds. The minimum atomic E-state index is -3.85. The van der Waals surface area contributed by atoms with Gasteiger partial charge in [-0.25, -0.2) is 18.4 Å². The van der Waals surface area contributed by atoms with E-state index in [-0.39, 0.29) is 49.0 Å². The van der Waals surface area contributed by atoms with Crippen LogP contribution in [0.1, 0.15) is 93.6 Å². The molecule has 5 heterocycles. The van der Waals surface area contributed by atoms with Gasteiger partial charge in [0.05, 0.1) is 40.1 Å². The smallest absolute Gasteiger partial charge is 0.262 e. The van der Waals surface area contributed by atoms with E-state index in [2.05, 4.69) is 10.8 Å². The molecule has 9 rings (SSSR count). The zero-order valence-electron chi connectivity index (χ0n) is 35.6. The number of nitrogens with zero attached hydrogens (tertiary/aromatic N) is 4. The topological polar surface area (TPSA) is 171 Å². The highest BCUT2D eigenvalue weighted by Gasteiger charge is 2.61. The van der Waals surface area contributed by atoms with Crippen LogP contribution in [0, 0.1) is 31.1 Å². The van der Waals surface area contributed by atoms with E-state index in [9.17, 15) is 18.0 Å². The Morgan fingerprint density at radius 3 is 2.55 bits per heavy atom. The SMILES string of the molecule is Cc1nc(C[C@H]2CCCCC/C=C\[C@H]3C[C@@]3(C(=O)NS(=O)(=O)C3CC3)CC(=O)[C@@H]3C[C@@H](Oc4nc(-c5ccc(OC(C)C)cc5)nc5c4oc4ccccc45)CN3C2=O)sc1C. The summed E-state index contributed by atoms with van der Waals surface area (Å²) in [4.78, 5) is 61.2. The summed E-state index contributed by atoms with van der Waals surface area (Å²) < 4.78 is 47.4. The first kappa shape index (κ1) is 42.2. The van der Waals surface area contributed by atoms with Crippen molar-refractivity contribution in [3.63, 3.8) is 0 Å². The van der Waals surface area contributed by atoms with Crippen LogP contribution in [0.3, 0.4) is 0 Å². The average molecular weight is 880 g/mol. The number of para-hydroxylation sites is 1. The van der Waals surface area contributed by atoms with E-state index < -0.39 is 44.7 Å². The second-order valence-corrected chi connectivity index (χ2v) is 21.1. The van der Waals surface area contributed by atoms with Crippen LogP contribution in [-0.2, 0) is 30.8 Å². The van der Waals surface area contributed by atoms with Gasteiger partial charge in [0.1, 0.15) is 23.0 Å². The summed E-state index contributed by atoms with van der Waals surface area (Å²) in [6.07, 6.45) is 9.19. The van der Waals surface area contributed by atoms with Crippen molar-refractivity contribution in [1.82, 2.24) is 24.6 Å². The van der Waals surface area contributed by atoms with Gasteiger partial charge in [-0.15, -0.1) is 11.3 Å². The van der Waals surface area contributed by atoms with Gasteiger partial charge in [0.15, 0.2) is 11.6 Å². The Balaban J connectivity index is 1.07. The number of ether oxygens (including phenoxy) is 2. The lowest BCUT2D eigenvalue weighted by Crippen LogP contribution is -2.46. The number of sulfonamides is 1. The maximum atomic E-state index is 15.0. The molecular weight excluding hydrogens is 827 g/mol. The molecule has 13 nitrogen and oxygen atoms in total. The van der Waals surface area contributed by atoms with E-state index in [4.69, 9.17) is 28.8 Å². The van der Waals surface area contributed by atoms with Crippen LogP contribution in [0.5, 0.6) is 11.6 Å². The van der Waals surface area contributed by atoms with Gasteiger partial charge in [0, 0.05) is 41.0 Å². The molecule has 5 atom stereocenters. The molecule has 15 heteroatoms. The molecule has 2 aliphatic carbocycles. The molecule has 2 aliphatic heterocycles. The second kappa shape index (κ2) is 16.9. The second-order valence-electron chi connectivity index (χ2n) is 17.8. The number of hydrogen-bond acceptors (Lipinski definition) is 12. The molecule has 0 radical (unpaired) electrons. The van der Waals surface area contributed by atoms with Crippen molar-refractivity contribution in [2.24, 2.45) is 17.3 Å². The number of furan rings is 1. The lowest BCUT2D eigenvalue weighted by molar-refractivity contribution is -0.142. The fourth-order valence-corrected chi connectivity index (χ4v) is 11.4. The van der Waals surface area contributed by atoms with Crippen molar-refractivity contribution >= 4 is 61.0 Å². The molecule has 62 heavy (non-hydrogen) atoms. The Bertz CT molecular complexity index is 2650. The van der Waals surface area contributed by atoms with Crippen molar-refractivity contribution in [3.8, 4) is 23.0 Å². The number of fused-ring (bicyclic) bond motifs is 5. The van der Waals surface area contributed by atoms with E-state index in [0.29, 0.717) is 54.6 Å². The predicted octanol–water partition coefficient (Wildman–Crippen LogP) is 8.20. The molecule has 326 valence electrons. The third-order valence-electron chi connectivity index (χ3n) is 12.8. The first-order valence-corrected chi connectivity index (χ1v) is 24.3. The van der Waals surface area contributed by atoms with Gasteiger partial charge in [-0.1, -0.05) is 37.1 Å². The van der Waals surface area contributed by atoms with Gasteiger partial charge < -0.3 is 18.8 Å². The number of hydrogen-bond donors (Lipinski definition) is 1. The Morgan fingerprint density at radius 1 is 1.02 bits per heavy atom. The van der Waals surface area contributed by atoms with Crippen LogP contribution in [0.15, 0.2) is 65.1 Å². The molecule has 0 spiro atoms. The number of benzene rings is 2. The maximum Gasteiger partial charge on any atom is 0.262 e. The monoisotopic (exact) mass is 879 g/mol. The zero-order chi connectivity index (χ0) is 43.3. The molecule has 4 aliphatic rings. The summed E-state index contributed by atoms with van der Waals surface area (Å²) in [7, 11) is -3.85. The summed E-state index contributed by atoms with van der Waals surface area (Å²) in [5.41, 5.74) is 1.98. The predicted molar refractivity (Wildman–Crippen MR) is 236 cm³/mol. The van der Waals surface area contributed by atoms with E-state index in [1.54, 1.807) is 16.2 Å². The molecular formula is C47H53N5O8S2. The average Bonchev–Trinajstić information content (AvgIpc) is 4.10. The van der Waals surface area contributed by atoms with E-state index in [1.807, 2.05) is 82.3 Å². The summed E-state index contributed by atoms with van der Waals surface area (Å²) in [6, 6.07) is 14.2. The number of ketones is 1. The highest BCUT2D eigenvalue weighted by atomic mass is 32.2. The van der Waals surface area contributed by atoms with E-state index in [1.165, 1.54) is 0 Å². The van der Waals surface area contributed by atoms with Crippen LogP contribution in [0.2, 0.25) is 0 Å². The molecule has 3 fully saturated rings. The first-order valence-electron chi connectivity index (χ1n) is 21.9. The molecule has 5 aromatic rings. The lowest BCUT2D eigenvalue weighted by atomic mass is 9.90. The molecule has 2 aromatic carbocycles. The highest BCUT2D eigenvalue weighted by molar-refractivity contribution is 7.90. The van der Waals surface area contributed by atoms with E-state index >= 15 is 4.79 Å². The quantitative estimate of drug-likeness (QED) is 0.134. The van der Waals surface area contributed by atoms with Crippen LogP contribution >= 0.6 is 11.3 Å². The normalized spacial score (nSPS) is 25.3. The first-order chi connectivity index (χ1) is 29.8. The molecule has 0 bridgehead atoms. The standard InChI is InChI=1S/C47H53N5O8S2/c1-27(2)58-33-18-16-30(17-19-33)43-49-41-36-14-10-11-15-39(36)60-42(41)44(50-43)59-34-23-37-38(53)25-47(46(55)51-62(56,57)35-20-21-35)24-32(47)13-9-7-5-6-8-12-31(45(54)52(37)26-34)22-40-48-28(3)29(4)61-40/h9-11,13-19,27,31-32,34-35,37H,5-8,12,20-26H2,1-4H3,(H,51,55)/b13-9-/t31-,32+,34-,37+,47-/m1/s1. The van der Waals surface area contributed by atoms with Gasteiger partial charge in [-0.05, 0) is 109 Å². The number of amides is 2. The number of rotatable bonds is 10. The van der Waals surface area contributed by atoms with Crippen LogP contribution in [-0.4, -0.2) is 75.9 Å². The van der Waals surface area contributed by atoms with Crippen LogP contribution < -0.4 is 14.2 Å². The summed E-state index contributed by atoms with van der Waals surface area (Å²) in [5.74, 6) is -0.502. The number of Topliss-reactive ketones (excluding diaryl/α,β-unsaturated/α-hetero) is 1. The molecule has 3 aromatic heterocycles. The number of allylic oxidation sites excluding steroid dienone is 2. The van der Waals surface area contributed by atoms with Gasteiger partial charge in [-0.2, -0.15) is 4.98 Å². The Kier molecular flexibility index (Phi) is 11.5. The largest absolute Gasteiger partial charge is 0.491 e. The van der Waals surface area contributed by atoms with Crippen molar-refractivity contribution < 1.29 is 36.7 Å². The summed E-state index contributed by atoms with van der Waals surface area (Å²) >= 11 is 1.59. The zero-order valence-corrected chi connectivity index (χ0v) is 37.2. The van der Waals surface area contributed by atoms with Crippen molar-refractivity contribution in [2.75, 3.05) is 6.54 Å². The maximum absolute atomic E-state index is 15.0. The van der Waals surface area contributed by atoms with Gasteiger partial charge in [0.25, 0.3) is 5.88 Å². The molecule has 0 unspecified atom stereocenters. The third-order valence-corrected chi connectivity index (χ3v) is 15.7. The molecule has 1 N–H and O–H groups in total. The van der Waals surface area contributed by atoms with Crippen LogP contribution in [0.25, 0.3) is 33.5 Å². The van der Waals surface area contributed by atoms with Crippen LogP contribution in [0.4, 0.5) is 0 Å². The number of carbonyl (C=O) groups is 3.